The van der Waals surface area contributed by atoms with Crippen LogP contribution in [0, 0.1) is 0 Å². The van der Waals surface area contributed by atoms with Crippen molar-refractivity contribution in [2.24, 2.45) is 0 Å². The van der Waals surface area contributed by atoms with Crippen molar-refractivity contribution in [2.45, 2.75) is 25.8 Å². The summed E-state index contributed by atoms with van der Waals surface area (Å²) in [6, 6.07) is 15.8. The summed E-state index contributed by atoms with van der Waals surface area (Å²) in [4.78, 5) is 12.4. The summed E-state index contributed by atoms with van der Waals surface area (Å²) in [6.07, 6.45) is 1.13. The molecule has 0 bridgehead atoms. The number of rotatable bonds is 5. The molecule has 3 aromatic carbocycles. The molecule has 3 aromatic rings. The van der Waals surface area contributed by atoms with Crippen molar-refractivity contribution in [3.63, 3.8) is 0 Å². The number of hydrogen-bond acceptors (Lipinski definition) is 2. The molecular formula is C21H19Cl2NO2. The number of fused-ring (bicyclic) bond motifs is 1. The summed E-state index contributed by atoms with van der Waals surface area (Å²) < 4.78 is 0. The topological polar surface area (TPSA) is 49.3 Å². The molecule has 1 atom stereocenters. The molecule has 1 unspecified atom stereocenters. The van der Waals surface area contributed by atoms with Gasteiger partial charge in [0.1, 0.15) is 5.75 Å². The predicted molar refractivity (Wildman–Crippen MR) is 107 cm³/mol. The number of halogens is 2. The third-order valence-electron chi connectivity index (χ3n) is 4.29. The van der Waals surface area contributed by atoms with Crippen LogP contribution in [0.3, 0.4) is 0 Å². The molecule has 1 amide bonds. The SMILES string of the molecule is CCCC(=O)NC(c1ccc(Cl)cc1Cl)c1c(O)ccc2ccccc12. The van der Waals surface area contributed by atoms with E-state index in [-0.39, 0.29) is 11.7 Å². The van der Waals surface area contributed by atoms with E-state index in [9.17, 15) is 9.90 Å². The van der Waals surface area contributed by atoms with Crippen molar-refractivity contribution < 1.29 is 9.90 Å². The van der Waals surface area contributed by atoms with Gasteiger partial charge in [-0.25, -0.2) is 0 Å². The molecule has 0 radical (unpaired) electrons. The maximum Gasteiger partial charge on any atom is 0.220 e. The molecule has 0 spiro atoms. The maximum absolute atomic E-state index is 12.4. The van der Waals surface area contributed by atoms with Crippen LogP contribution in [0.15, 0.2) is 54.6 Å². The Bertz CT molecular complexity index is 956. The van der Waals surface area contributed by atoms with Gasteiger partial charge in [0.2, 0.25) is 5.91 Å². The predicted octanol–water partition coefficient (Wildman–Crippen LogP) is 5.86. The monoisotopic (exact) mass is 387 g/mol. The Morgan fingerprint density at radius 1 is 1.12 bits per heavy atom. The highest BCUT2D eigenvalue weighted by Gasteiger charge is 2.24. The molecule has 0 saturated carbocycles. The van der Waals surface area contributed by atoms with Crippen LogP contribution in [0.1, 0.15) is 36.9 Å². The van der Waals surface area contributed by atoms with Crippen LogP contribution in [0.25, 0.3) is 10.8 Å². The van der Waals surface area contributed by atoms with Crippen LogP contribution >= 0.6 is 23.2 Å². The average molecular weight is 388 g/mol. The molecule has 0 fully saturated rings. The van der Waals surface area contributed by atoms with Gasteiger partial charge in [-0.2, -0.15) is 0 Å². The second-order valence-corrected chi connectivity index (χ2v) is 6.98. The molecular weight excluding hydrogens is 369 g/mol. The smallest absolute Gasteiger partial charge is 0.220 e. The minimum Gasteiger partial charge on any atom is -0.508 e. The highest BCUT2D eigenvalue weighted by atomic mass is 35.5. The average Bonchev–Trinajstić information content (AvgIpc) is 2.61. The van der Waals surface area contributed by atoms with E-state index in [4.69, 9.17) is 23.2 Å². The van der Waals surface area contributed by atoms with Crippen molar-refractivity contribution in [3.8, 4) is 5.75 Å². The van der Waals surface area contributed by atoms with E-state index >= 15 is 0 Å². The van der Waals surface area contributed by atoms with Crippen LogP contribution in [-0.4, -0.2) is 11.0 Å². The second-order valence-electron chi connectivity index (χ2n) is 6.14. The van der Waals surface area contributed by atoms with E-state index in [0.717, 1.165) is 17.2 Å². The zero-order valence-corrected chi connectivity index (χ0v) is 15.8. The lowest BCUT2D eigenvalue weighted by atomic mass is 9.92. The summed E-state index contributed by atoms with van der Waals surface area (Å²) in [5.41, 5.74) is 1.31. The van der Waals surface area contributed by atoms with E-state index in [0.29, 0.717) is 27.6 Å². The maximum atomic E-state index is 12.4. The second kappa shape index (κ2) is 7.98. The van der Waals surface area contributed by atoms with Gasteiger partial charge in [-0.3, -0.25) is 4.79 Å². The Balaban J connectivity index is 2.21. The lowest BCUT2D eigenvalue weighted by molar-refractivity contribution is -0.121. The number of aromatic hydroxyl groups is 1. The number of hydrogen-bond donors (Lipinski definition) is 2. The Labute approximate surface area is 162 Å². The van der Waals surface area contributed by atoms with Crippen LogP contribution in [0.4, 0.5) is 0 Å². The van der Waals surface area contributed by atoms with Crippen LogP contribution in [-0.2, 0) is 4.79 Å². The minimum absolute atomic E-state index is 0.101. The van der Waals surface area contributed by atoms with Crippen molar-refractivity contribution in [1.82, 2.24) is 5.32 Å². The van der Waals surface area contributed by atoms with Crippen LogP contribution in [0.2, 0.25) is 10.0 Å². The van der Waals surface area contributed by atoms with Gasteiger partial charge < -0.3 is 10.4 Å². The molecule has 0 aliphatic rings. The summed E-state index contributed by atoms with van der Waals surface area (Å²) in [7, 11) is 0. The summed E-state index contributed by atoms with van der Waals surface area (Å²) in [6.45, 7) is 1.94. The lowest BCUT2D eigenvalue weighted by Crippen LogP contribution is -2.29. The van der Waals surface area contributed by atoms with Crippen molar-refractivity contribution >= 4 is 39.9 Å². The first kappa shape index (κ1) is 18.6. The van der Waals surface area contributed by atoms with Gasteiger partial charge in [0.05, 0.1) is 6.04 Å². The Morgan fingerprint density at radius 3 is 2.62 bits per heavy atom. The fraction of sp³-hybridized carbons (Fsp3) is 0.190. The largest absolute Gasteiger partial charge is 0.508 e. The number of phenols is 1. The normalized spacial score (nSPS) is 12.1. The molecule has 0 aliphatic carbocycles. The Kier molecular flexibility index (Phi) is 5.70. The van der Waals surface area contributed by atoms with Gasteiger partial charge in [0.25, 0.3) is 0 Å². The molecule has 0 aliphatic heterocycles. The lowest BCUT2D eigenvalue weighted by Gasteiger charge is -2.23. The fourth-order valence-electron chi connectivity index (χ4n) is 3.09. The number of carbonyl (C=O) groups is 1. The highest BCUT2D eigenvalue weighted by molar-refractivity contribution is 6.35. The van der Waals surface area contributed by atoms with Crippen molar-refractivity contribution in [2.75, 3.05) is 0 Å². The number of benzene rings is 3. The van der Waals surface area contributed by atoms with Gasteiger partial charge in [-0.15, -0.1) is 0 Å². The van der Waals surface area contributed by atoms with E-state index in [1.54, 1.807) is 24.3 Å². The number of amides is 1. The molecule has 3 nitrogen and oxygen atoms in total. The quantitative estimate of drug-likeness (QED) is 0.575. The molecule has 0 saturated heterocycles. The summed E-state index contributed by atoms with van der Waals surface area (Å²) >= 11 is 12.4. The van der Waals surface area contributed by atoms with E-state index < -0.39 is 6.04 Å². The highest BCUT2D eigenvalue weighted by Crippen LogP contribution is 2.38. The Morgan fingerprint density at radius 2 is 1.88 bits per heavy atom. The van der Waals surface area contributed by atoms with Crippen LogP contribution in [0.5, 0.6) is 5.75 Å². The molecule has 5 heteroatoms. The first-order valence-corrected chi connectivity index (χ1v) is 9.21. The van der Waals surface area contributed by atoms with Crippen molar-refractivity contribution in [3.05, 3.63) is 75.8 Å². The standard InChI is InChI=1S/C21H19Cl2NO2/c1-2-5-19(26)24-21(16-10-9-14(22)12-17(16)23)20-15-7-4-3-6-13(15)8-11-18(20)25/h3-4,6-12,21,25H,2,5H2,1H3,(H,24,26). The minimum atomic E-state index is -0.579. The molecule has 134 valence electrons. The van der Waals surface area contributed by atoms with Gasteiger partial charge in [-0.05, 0) is 41.0 Å². The third kappa shape index (κ3) is 3.79. The first-order valence-electron chi connectivity index (χ1n) is 8.46. The fourth-order valence-corrected chi connectivity index (χ4v) is 3.61. The number of carbonyl (C=O) groups excluding carboxylic acids is 1. The zero-order chi connectivity index (χ0) is 18.7. The first-order chi connectivity index (χ1) is 12.5. The molecule has 0 aromatic heterocycles. The van der Waals surface area contributed by atoms with E-state index in [2.05, 4.69) is 5.32 Å². The molecule has 0 heterocycles. The van der Waals surface area contributed by atoms with Gasteiger partial charge in [-0.1, -0.05) is 66.5 Å². The number of nitrogens with one attached hydrogen (secondary N) is 1. The van der Waals surface area contributed by atoms with Gasteiger partial charge in [0, 0.05) is 22.0 Å². The number of phenolic OH excluding ortho intramolecular Hbond substituents is 1. The Hall–Kier alpha value is -2.23. The molecule has 3 rings (SSSR count). The summed E-state index contributed by atoms with van der Waals surface area (Å²) in [5.74, 6) is 0.00682. The zero-order valence-electron chi connectivity index (χ0n) is 14.3. The van der Waals surface area contributed by atoms with Gasteiger partial charge in [0.15, 0.2) is 0 Å². The summed E-state index contributed by atoms with van der Waals surface area (Å²) in [5, 5.41) is 16.4. The molecule has 2 N–H and O–H groups in total. The third-order valence-corrected chi connectivity index (χ3v) is 4.85. The molecule has 26 heavy (non-hydrogen) atoms. The van der Waals surface area contributed by atoms with E-state index in [1.165, 1.54) is 0 Å². The van der Waals surface area contributed by atoms with E-state index in [1.807, 2.05) is 37.3 Å². The van der Waals surface area contributed by atoms with Crippen LogP contribution < -0.4 is 5.32 Å². The van der Waals surface area contributed by atoms with Gasteiger partial charge >= 0.3 is 0 Å². The van der Waals surface area contributed by atoms with Crippen molar-refractivity contribution in [1.29, 1.82) is 0 Å².